The Hall–Kier alpha value is -1.69. The highest BCUT2D eigenvalue weighted by Gasteiger charge is 2.15. The molecule has 0 spiro atoms. The van der Waals surface area contributed by atoms with Gasteiger partial charge in [0.1, 0.15) is 17.3 Å². The third-order valence-electron chi connectivity index (χ3n) is 3.83. The summed E-state index contributed by atoms with van der Waals surface area (Å²) in [6.45, 7) is 5.30. The first-order valence-corrected chi connectivity index (χ1v) is 8.10. The van der Waals surface area contributed by atoms with Crippen LogP contribution in [0.2, 0.25) is 0 Å². The van der Waals surface area contributed by atoms with Gasteiger partial charge in [0.25, 0.3) is 5.91 Å². The van der Waals surface area contributed by atoms with E-state index in [1.807, 2.05) is 32.0 Å². The zero-order chi connectivity index (χ0) is 15.9. The molecular formula is C16H27N5O. The summed E-state index contributed by atoms with van der Waals surface area (Å²) in [5, 5.41) is 2.91. The molecule has 2 rings (SSSR count). The number of hydrogen-bond acceptors (Lipinski definition) is 5. The van der Waals surface area contributed by atoms with Gasteiger partial charge in [0.05, 0.1) is 0 Å². The maximum atomic E-state index is 12.2. The summed E-state index contributed by atoms with van der Waals surface area (Å²) in [5.74, 6) is 1.41. The summed E-state index contributed by atoms with van der Waals surface area (Å²) in [5.41, 5.74) is 0.463. The summed E-state index contributed by atoms with van der Waals surface area (Å²) in [6, 6.07) is 1.82. The number of hydrogen-bond donors (Lipinski definition) is 1. The van der Waals surface area contributed by atoms with E-state index in [4.69, 9.17) is 0 Å². The van der Waals surface area contributed by atoms with Crippen molar-refractivity contribution in [2.75, 3.05) is 45.2 Å². The van der Waals surface area contributed by atoms with Crippen LogP contribution in [0.5, 0.6) is 0 Å². The highest BCUT2D eigenvalue weighted by molar-refractivity contribution is 5.92. The molecule has 0 atom stereocenters. The molecular weight excluding hydrogens is 278 g/mol. The smallest absolute Gasteiger partial charge is 0.270 e. The number of carbonyl (C=O) groups excluding carboxylic acids is 1. The minimum absolute atomic E-state index is 0.122. The van der Waals surface area contributed by atoms with Crippen molar-refractivity contribution < 1.29 is 4.79 Å². The third kappa shape index (κ3) is 4.94. The van der Waals surface area contributed by atoms with E-state index < -0.39 is 0 Å². The highest BCUT2D eigenvalue weighted by atomic mass is 16.1. The number of aromatic nitrogens is 2. The predicted octanol–water partition coefficient (Wildman–Crippen LogP) is 1.46. The van der Waals surface area contributed by atoms with E-state index in [2.05, 4.69) is 20.2 Å². The van der Waals surface area contributed by atoms with Gasteiger partial charge >= 0.3 is 0 Å². The second-order valence-electron chi connectivity index (χ2n) is 6.12. The summed E-state index contributed by atoms with van der Waals surface area (Å²) >= 11 is 0. The van der Waals surface area contributed by atoms with Crippen molar-refractivity contribution in [1.29, 1.82) is 0 Å². The van der Waals surface area contributed by atoms with Crippen LogP contribution in [0.3, 0.4) is 0 Å². The van der Waals surface area contributed by atoms with E-state index >= 15 is 0 Å². The summed E-state index contributed by atoms with van der Waals surface area (Å²) in [7, 11) is 3.97. The van der Waals surface area contributed by atoms with E-state index in [1.54, 1.807) is 0 Å². The molecule has 1 N–H and O–H groups in total. The van der Waals surface area contributed by atoms with Gasteiger partial charge in [-0.3, -0.25) is 4.79 Å². The molecule has 1 aromatic heterocycles. The Kier molecular flexibility index (Phi) is 6.12. The van der Waals surface area contributed by atoms with Crippen LogP contribution < -0.4 is 10.2 Å². The molecule has 1 aromatic rings. The van der Waals surface area contributed by atoms with Gasteiger partial charge in [-0.25, -0.2) is 9.97 Å². The van der Waals surface area contributed by atoms with Crippen LogP contribution in [0.15, 0.2) is 6.07 Å². The van der Waals surface area contributed by atoms with Crippen LogP contribution in [0.4, 0.5) is 5.82 Å². The summed E-state index contributed by atoms with van der Waals surface area (Å²) in [6.07, 6.45) is 4.93. The Morgan fingerprint density at radius 3 is 2.55 bits per heavy atom. The zero-order valence-corrected chi connectivity index (χ0v) is 13.9. The molecule has 6 nitrogen and oxygen atoms in total. The van der Waals surface area contributed by atoms with Gasteiger partial charge in [-0.15, -0.1) is 0 Å². The van der Waals surface area contributed by atoms with Crippen LogP contribution in [0, 0.1) is 6.92 Å². The number of anilines is 1. The quantitative estimate of drug-likeness (QED) is 0.892. The maximum Gasteiger partial charge on any atom is 0.270 e. The normalized spacial score (nSPS) is 15.7. The molecule has 1 saturated heterocycles. The lowest BCUT2D eigenvalue weighted by Crippen LogP contribution is -2.32. The summed E-state index contributed by atoms with van der Waals surface area (Å²) in [4.78, 5) is 25.4. The van der Waals surface area contributed by atoms with E-state index in [-0.39, 0.29) is 5.91 Å². The number of nitrogens with one attached hydrogen (secondary N) is 1. The van der Waals surface area contributed by atoms with Gasteiger partial charge in [-0.2, -0.15) is 0 Å². The zero-order valence-electron chi connectivity index (χ0n) is 13.9. The number of aryl methyl sites for hydroxylation is 1. The molecule has 0 saturated carbocycles. The first-order chi connectivity index (χ1) is 10.6. The molecule has 1 fully saturated rings. The Bertz CT molecular complexity index is 495. The first-order valence-electron chi connectivity index (χ1n) is 8.10. The maximum absolute atomic E-state index is 12.2. The van der Waals surface area contributed by atoms with Gasteiger partial charge in [0.15, 0.2) is 0 Å². The number of nitrogens with zero attached hydrogens (tertiary/aromatic N) is 4. The molecule has 1 aliphatic heterocycles. The van der Waals surface area contributed by atoms with Crippen LogP contribution >= 0.6 is 0 Å². The number of likely N-dealkylation sites (N-methyl/N-ethyl adjacent to an activating group) is 1. The third-order valence-corrected chi connectivity index (χ3v) is 3.83. The fourth-order valence-electron chi connectivity index (χ4n) is 2.61. The molecule has 1 amide bonds. The summed E-state index contributed by atoms with van der Waals surface area (Å²) < 4.78 is 0. The van der Waals surface area contributed by atoms with Gasteiger partial charge in [0.2, 0.25) is 0 Å². The molecule has 122 valence electrons. The topological polar surface area (TPSA) is 61.4 Å². The number of rotatable bonds is 5. The lowest BCUT2D eigenvalue weighted by atomic mass is 10.2. The Balaban J connectivity index is 2.06. The first kappa shape index (κ1) is 16.7. The Morgan fingerprint density at radius 2 is 1.91 bits per heavy atom. The molecule has 0 bridgehead atoms. The van der Waals surface area contributed by atoms with E-state index in [1.165, 1.54) is 25.7 Å². The SMILES string of the molecule is Cc1nc(C(=O)NCCN(C)C)cc(N2CCCCCC2)n1. The van der Waals surface area contributed by atoms with Gasteiger partial charge < -0.3 is 15.1 Å². The van der Waals surface area contributed by atoms with Crippen LogP contribution in [0.1, 0.15) is 42.0 Å². The fraction of sp³-hybridized carbons (Fsp3) is 0.688. The minimum atomic E-state index is -0.122. The molecule has 22 heavy (non-hydrogen) atoms. The molecule has 0 unspecified atom stereocenters. The number of amides is 1. The average molecular weight is 305 g/mol. The van der Waals surface area contributed by atoms with E-state index in [9.17, 15) is 4.79 Å². The van der Waals surface area contributed by atoms with Crippen LogP contribution in [-0.4, -0.2) is 61.0 Å². The van der Waals surface area contributed by atoms with Gasteiger partial charge in [-0.05, 0) is 33.9 Å². The standard InChI is InChI=1S/C16H27N5O/c1-13-18-14(16(22)17-8-11-20(2)3)12-15(19-13)21-9-6-4-5-7-10-21/h12H,4-11H2,1-3H3,(H,17,22). The van der Waals surface area contributed by atoms with Crippen molar-refractivity contribution in [2.45, 2.75) is 32.6 Å². The van der Waals surface area contributed by atoms with Gasteiger partial charge in [0, 0.05) is 32.2 Å². The molecule has 6 heteroatoms. The molecule has 0 aliphatic carbocycles. The van der Waals surface area contributed by atoms with Crippen molar-refractivity contribution in [2.24, 2.45) is 0 Å². The van der Waals surface area contributed by atoms with Crippen molar-refractivity contribution in [3.8, 4) is 0 Å². The monoisotopic (exact) mass is 305 g/mol. The second kappa shape index (κ2) is 8.08. The molecule has 2 heterocycles. The molecule has 0 aromatic carbocycles. The lowest BCUT2D eigenvalue weighted by molar-refractivity contribution is 0.0945. The van der Waals surface area contributed by atoms with Crippen molar-refractivity contribution in [3.05, 3.63) is 17.6 Å². The Labute approximate surface area is 132 Å². The largest absolute Gasteiger partial charge is 0.356 e. The van der Waals surface area contributed by atoms with Gasteiger partial charge in [-0.1, -0.05) is 12.8 Å². The van der Waals surface area contributed by atoms with Crippen LogP contribution in [-0.2, 0) is 0 Å². The highest BCUT2D eigenvalue weighted by Crippen LogP contribution is 2.18. The second-order valence-corrected chi connectivity index (χ2v) is 6.12. The predicted molar refractivity (Wildman–Crippen MR) is 88.3 cm³/mol. The van der Waals surface area contributed by atoms with Crippen molar-refractivity contribution >= 4 is 11.7 Å². The Morgan fingerprint density at radius 1 is 1.23 bits per heavy atom. The average Bonchev–Trinajstić information content (AvgIpc) is 2.75. The minimum Gasteiger partial charge on any atom is -0.356 e. The van der Waals surface area contributed by atoms with Crippen molar-refractivity contribution in [1.82, 2.24) is 20.2 Å². The lowest BCUT2D eigenvalue weighted by Gasteiger charge is -2.22. The van der Waals surface area contributed by atoms with E-state index in [0.29, 0.717) is 18.1 Å². The van der Waals surface area contributed by atoms with Crippen molar-refractivity contribution in [3.63, 3.8) is 0 Å². The molecule has 0 radical (unpaired) electrons. The number of carbonyl (C=O) groups is 1. The van der Waals surface area contributed by atoms with Crippen LogP contribution in [0.25, 0.3) is 0 Å². The fourth-order valence-corrected chi connectivity index (χ4v) is 2.61. The molecule has 1 aliphatic rings. The van der Waals surface area contributed by atoms with E-state index in [0.717, 1.165) is 25.5 Å².